The van der Waals surface area contributed by atoms with Gasteiger partial charge in [-0.15, -0.1) is 0 Å². The minimum Gasteiger partial charge on any atom is -0.478 e. The van der Waals surface area contributed by atoms with Crippen molar-refractivity contribution < 1.29 is 14.7 Å². The molecule has 0 aromatic heterocycles. The lowest BCUT2D eigenvalue weighted by molar-refractivity contribution is -0.114. The van der Waals surface area contributed by atoms with Crippen molar-refractivity contribution in [2.24, 2.45) is 0 Å². The van der Waals surface area contributed by atoms with Gasteiger partial charge >= 0.3 is 5.97 Å². The largest absolute Gasteiger partial charge is 0.478 e. The Hall–Kier alpha value is -2.82. The van der Waals surface area contributed by atoms with E-state index in [4.69, 9.17) is 5.11 Å². The van der Waals surface area contributed by atoms with Gasteiger partial charge in [-0.1, -0.05) is 18.2 Å². The lowest BCUT2D eigenvalue weighted by Gasteiger charge is -2.11. The summed E-state index contributed by atoms with van der Waals surface area (Å²) < 4.78 is 0. The number of rotatable bonds is 4. The summed E-state index contributed by atoms with van der Waals surface area (Å²) in [6.45, 7) is 1.43. The fourth-order valence-corrected chi connectivity index (χ4v) is 1.81. The van der Waals surface area contributed by atoms with Crippen molar-refractivity contribution in [2.75, 3.05) is 10.6 Å². The summed E-state index contributed by atoms with van der Waals surface area (Å²) in [6.07, 6.45) is 0. The van der Waals surface area contributed by atoms with Gasteiger partial charge in [0.05, 0.1) is 11.3 Å². The molecular weight excluding hydrogens is 256 g/mol. The Labute approximate surface area is 116 Å². The molecule has 0 aliphatic carbocycles. The molecule has 0 bridgehead atoms. The third kappa shape index (κ3) is 3.35. The maximum atomic E-state index is 11.1. The molecule has 102 valence electrons. The van der Waals surface area contributed by atoms with Crippen LogP contribution in [0.25, 0.3) is 0 Å². The van der Waals surface area contributed by atoms with E-state index in [-0.39, 0.29) is 11.5 Å². The lowest BCUT2D eigenvalue weighted by Crippen LogP contribution is -2.06. The standard InChI is InChI=1S/C15H14N2O3/c1-10(18)16-11-5-4-6-12(9-11)17-14-8-3-2-7-13(14)15(19)20/h2-9,17H,1H3,(H,16,18)(H,19,20). The summed E-state index contributed by atoms with van der Waals surface area (Å²) in [7, 11) is 0. The summed E-state index contributed by atoms with van der Waals surface area (Å²) in [5.41, 5.74) is 2.04. The van der Waals surface area contributed by atoms with Gasteiger partial charge in [-0.05, 0) is 30.3 Å². The molecule has 0 atom stereocenters. The third-order valence-electron chi connectivity index (χ3n) is 2.62. The van der Waals surface area contributed by atoms with Gasteiger partial charge in [0, 0.05) is 18.3 Å². The first-order valence-electron chi connectivity index (χ1n) is 6.03. The molecule has 0 radical (unpaired) electrons. The van der Waals surface area contributed by atoms with Crippen LogP contribution in [0.5, 0.6) is 0 Å². The number of hydrogen-bond acceptors (Lipinski definition) is 3. The van der Waals surface area contributed by atoms with Gasteiger partial charge in [0.25, 0.3) is 0 Å². The minimum absolute atomic E-state index is 0.159. The summed E-state index contributed by atoms with van der Waals surface area (Å²) in [4.78, 5) is 22.1. The number of amides is 1. The molecule has 2 aromatic rings. The molecule has 0 fully saturated rings. The Kier molecular flexibility index (Phi) is 4.00. The number of aromatic carboxylic acids is 1. The molecule has 2 aromatic carbocycles. The Bertz CT molecular complexity index is 653. The number of para-hydroxylation sites is 1. The predicted octanol–water partition coefficient (Wildman–Crippen LogP) is 3.09. The maximum absolute atomic E-state index is 11.1. The fraction of sp³-hybridized carbons (Fsp3) is 0.0667. The highest BCUT2D eigenvalue weighted by Gasteiger charge is 2.09. The van der Waals surface area contributed by atoms with Gasteiger partial charge in [-0.2, -0.15) is 0 Å². The zero-order valence-electron chi connectivity index (χ0n) is 10.9. The van der Waals surface area contributed by atoms with E-state index in [2.05, 4.69) is 10.6 Å². The van der Waals surface area contributed by atoms with Crippen LogP contribution in [0.2, 0.25) is 0 Å². The second kappa shape index (κ2) is 5.88. The zero-order chi connectivity index (χ0) is 14.5. The third-order valence-corrected chi connectivity index (χ3v) is 2.62. The molecule has 0 saturated heterocycles. The molecule has 5 nitrogen and oxygen atoms in total. The first-order chi connectivity index (χ1) is 9.56. The topological polar surface area (TPSA) is 78.4 Å². The summed E-state index contributed by atoms with van der Waals surface area (Å²) in [6, 6.07) is 13.7. The van der Waals surface area contributed by atoms with Crippen molar-refractivity contribution in [2.45, 2.75) is 6.92 Å². The van der Waals surface area contributed by atoms with E-state index in [0.29, 0.717) is 17.1 Å². The van der Waals surface area contributed by atoms with Gasteiger partial charge in [-0.3, -0.25) is 4.79 Å². The average molecular weight is 270 g/mol. The van der Waals surface area contributed by atoms with E-state index in [1.807, 2.05) is 0 Å². The van der Waals surface area contributed by atoms with Crippen LogP contribution in [0.15, 0.2) is 48.5 Å². The average Bonchev–Trinajstić information content (AvgIpc) is 2.38. The van der Waals surface area contributed by atoms with Gasteiger partial charge in [0.15, 0.2) is 0 Å². The smallest absolute Gasteiger partial charge is 0.337 e. The second-order valence-electron chi connectivity index (χ2n) is 4.24. The van der Waals surface area contributed by atoms with E-state index in [1.165, 1.54) is 13.0 Å². The van der Waals surface area contributed by atoms with Crippen molar-refractivity contribution >= 4 is 28.9 Å². The van der Waals surface area contributed by atoms with Crippen LogP contribution < -0.4 is 10.6 Å². The molecule has 5 heteroatoms. The van der Waals surface area contributed by atoms with Gasteiger partial charge in [0.2, 0.25) is 5.91 Å². The molecule has 20 heavy (non-hydrogen) atoms. The van der Waals surface area contributed by atoms with Crippen LogP contribution in [-0.2, 0) is 4.79 Å². The van der Waals surface area contributed by atoms with E-state index < -0.39 is 5.97 Å². The minimum atomic E-state index is -0.994. The molecule has 3 N–H and O–H groups in total. The number of anilines is 3. The zero-order valence-corrected chi connectivity index (χ0v) is 10.9. The van der Waals surface area contributed by atoms with E-state index in [0.717, 1.165) is 0 Å². The normalized spacial score (nSPS) is 9.85. The molecule has 0 saturated carbocycles. The van der Waals surface area contributed by atoms with Crippen LogP contribution in [0.4, 0.5) is 17.1 Å². The number of carboxylic acids is 1. The van der Waals surface area contributed by atoms with Crippen LogP contribution in [0.3, 0.4) is 0 Å². The molecule has 0 aliphatic heterocycles. The Morgan fingerprint density at radius 2 is 1.70 bits per heavy atom. The first kappa shape index (κ1) is 13.6. The van der Waals surface area contributed by atoms with Gasteiger partial charge < -0.3 is 15.7 Å². The molecular formula is C15H14N2O3. The Morgan fingerprint density at radius 3 is 2.40 bits per heavy atom. The number of carbonyl (C=O) groups excluding carboxylic acids is 1. The molecule has 0 heterocycles. The fourth-order valence-electron chi connectivity index (χ4n) is 1.81. The summed E-state index contributed by atoms with van der Waals surface area (Å²) >= 11 is 0. The maximum Gasteiger partial charge on any atom is 0.337 e. The number of benzene rings is 2. The number of hydrogen-bond donors (Lipinski definition) is 3. The predicted molar refractivity (Wildman–Crippen MR) is 77.4 cm³/mol. The molecule has 0 spiro atoms. The van der Waals surface area contributed by atoms with Crippen molar-refractivity contribution in [1.82, 2.24) is 0 Å². The van der Waals surface area contributed by atoms with E-state index >= 15 is 0 Å². The quantitative estimate of drug-likeness (QED) is 0.797. The van der Waals surface area contributed by atoms with Crippen LogP contribution in [-0.4, -0.2) is 17.0 Å². The second-order valence-corrected chi connectivity index (χ2v) is 4.24. The van der Waals surface area contributed by atoms with Crippen LogP contribution in [0.1, 0.15) is 17.3 Å². The number of carbonyl (C=O) groups is 2. The molecule has 0 aliphatic rings. The highest BCUT2D eigenvalue weighted by atomic mass is 16.4. The summed E-state index contributed by atoms with van der Waals surface area (Å²) in [5.74, 6) is -1.15. The van der Waals surface area contributed by atoms with E-state index in [9.17, 15) is 9.59 Å². The molecule has 2 rings (SSSR count). The number of carboxylic acid groups (broad SMARTS) is 1. The highest BCUT2D eigenvalue weighted by Crippen LogP contribution is 2.23. The molecule has 0 unspecified atom stereocenters. The lowest BCUT2D eigenvalue weighted by atomic mass is 10.1. The van der Waals surface area contributed by atoms with E-state index in [1.54, 1.807) is 42.5 Å². The monoisotopic (exact) mass is 270 g/mol. The van der Waals surface area contributed by atoms with Crippen molar-refractivity contribution in [3.63, 3.8) is 0 Å². The summed E-state index contributed by atoms with van der Waals surface area (Å²) in [5, 5.41) is 14.8. The van der Waals surface area contributed by atoms with Crippen molar-refractivity contribution in [3.8, 4) is 0 Å². The first-order valence-corrected chi connectivity index (χ1v) is 6.03. The van der Waals surface area contributed by atoms with Gasteiger partial charge in [-0.25, -0.2) is 4.79 Å². The Morgan fingerprint density at radius 1 is 1.00 bits per heavy atom. The highest BCUT2D eigenvalue weighted by molar-refractivity contribution is 5.95. The van der Waals surface area contributed by atoms with Crippen LogP contribution >= 0.6 is 0 Å². The number of nitrogens with one attached hydrogen (secondary N) is 2. The Balaban J connectivity index is 2.26. The van der Waals surface area contributed by atoms with Gasteiger partial charge in [0.1, 0.15) is 0 Å². The van der Waals surface area contributed by atoms with Crippen molar-refractivity contribution in [3.05, 3.63) is 54.1 Å². The van der Waals surface area contributed by atoms with Crippen molar-refractivity contribution in [1.29, 1.82) is 0 Å². The molecule has 1 amide bonds. The SMILES string of the molecule is CC(=O)Nc1cccc(Nc2ccccc2C(=O)O)c1. The van der Waals surface area contributed by atoms with Crippen LogP contribution in [0, 0.1) is 0 Å².